The van der Waals surface area contributed by atoms with Gasteiger partial charge >= 0.3 is 0 Å². The third-order valence-corrected chi connectivity index (χ3v) is 6.85. The van der Waals surface area contributed by atoms with Crippen molar-refractivity contribution >= 4 is 5.91 Å². The fraction of sp³-hybridized carbons (Fsp3) is 0.519. The van der Waals surface area contributed by atoms with Gasteiger partial charge in [-0.2, -0.15) is 0 Å². The molecule has 2 aromatic carbocycles. The van der Waals surface area contributed by atoms with Crippen molar-refractivity contribution in [2.45, 2.75) is 64.4 Å². The van der Waals surface area contributed by atoms with Crippen LogP contribution in [-0.4, -0.2) is 41.2 Å². The SMILES string of the molecule is CC(C)c1ccc(C[C@]2(C)Cc3cc(CC(=O)N4CCC(CO)CC4)ccc3O2)cc1. The van der Waals surface area contributed by atoms with Gasteiger partial charge in [0, 0.05) is 32.5 Å². The maximum atomic E-state index is 12.7. The molecule has 2 aliphatic heterocycles. The summed E-state index contributed by atoms with van der Waals surface area (Å²) in [5.74, 6) is 2.02. The second-order valence-electron chi connectivity index (χ2n) is 9.93. The number of nitrogens with zero attached hydrogens (tertiary/aromatic N) is 1. The molecule has 0 bridgehead atoms. The molecular formula is C27H35NO3. The highest BCUT2D eigenvalue weighted by Gasteiger charge is 2.35. The molecule has 1 N–H and O–H groups in total. The van der Waals surface area contributed by atoms with E-state index in [9.17, 15) is 9.90 Å². The number of aliphatic hydroxyl groups is 1. The summed E-state index contributed by atoms with van der Waals surface area (Å²) < 4.78 is 6.36. The van der Waals surface area contributed by atoms with Crippen molar-refractivity contribution in [3.63, 3.8) is 0 Å². The summed E-state index contributed by atoms with van der Waals surface area (Å²) in [6, 6.07) is 15.1. The van der Waals surface area contributed by atoms with Crippen LogP contribution in [0.5, 0.6) is 5.75 Å². The molecule has 0 spiro atoms. The van der Waals surface area contributed by atoms with E-state index in [1.54, 1.807) is 0 Å². The number of benzene rings is 2. The number of hydrogen-bond acceptors (Lipinski definition) is 3. The zero-order valence-corrected chi connectivity index (χ0v) is 19.1. The predicted molar refractivity (Wildman–Crippen MR) is 124 cm³/mol. The van der Waals surface area contributed by atoms with Crippen LogP contribution in [0.1, 0.15) is 61.8 Å². The van der Waals surface area contributed by atoms with Crippen LogP contribution >= 0.6 is 0 Å². The average molecular weight is 422 g/mol. The Kier molecular flexibility index (Phi) is 6.38. The van der Waals surface area contributed by atoms with E-state index in [0.717, 1.165) is 50.1 Å². The van der Waals surface area contributed by atoms with Crippen LogP contribution in [0, 0.1) is 5.92 Å². The van der Waals surface area contributed by atoms with Crippen LogP contribution in [-0.2, 0) is 24.1 Å². The minimum absolute atomic E-state index is 0.184. The Bertz CT molecular complexity index is 913. The van der Waals surface area contributed by atoms with Gasteiger partial charge in [-0.1, -0.05) is 50.2 Å². The summed E-state index contributed by atoms with van der Waals surface area (Å²) in [7, 11) is 0. The van der Waals surface area contributed by atoms with Gasteiger partial charge in [0.25, 0.3) is 0 Å². The molecule has 166 valence electrons. The van der Waals surface area contributed by atoms with Crippen LogP contribution in [0.2, 0.25) is 0 Å². The molecule has 0 unspecified atom stereocenters. The van der Waals surface area contributed by atoms with Gasteiger partial charge in [0.05, 0.1) is 6.42 Å². The lowest BCUT2D eigenvalue weighted by Gasteiger charge is -2.31. The fourth-order valence-corrected chi connectivity index (χ4v) is 4.89. The molecule has 0 saturated carbocycles. The van der Waals surface area contributed by atoms with Crippen molar-refractivity contribution in [3.05, 3.63) is 64.7 Å². The lowest BCUT2D eigenvalue weighted by molar-refractivity contribution is -0.132. The molecule has 0 radical (unpaired) electrons. The molecule has 1 fully saturated rings. The highest BCUT2D eigenvalue weighted by atomic mass is 16.5. The molecule has 0 aromatic heterocycles. The molecular weight excluding hydrogens is 386 g/mol. The number of fused-ring (bicyclic) bond motifs is 1. The van der Waals surface area contributed by atoms with Crippen LogP contribution in [0.15, 0.2) is 42.5 Å². The molecule has 0 aliphatic carbocycles. The van der Waals surface area contributed by atoms with Crippen LogP contribution in [0.3, 0.4) is 0 Å². The molecule has 4 rings (SSSR count). The third kappa shape index (κ3) is 5.12. The van der Waals surface area contributed by atoms with Crippen molar-refractivity contribution in [1.29, 1.82) is 0 Å². The second kappa shape index (κ2) is 9.04. The highest BCUT2D eigenvalue weighted by Crippen LogP contribution is 2.37. The largest absolute Gasteiger partial charge is 0.487 e. The Labute approximate surface area is 186 Å². The minimum atomic E-state index is -0.253. The van der Waals surface area contributed by atoms with Gasteiger partial charge in [-0.05, 0) is 59.9 Å². The van der Waals surface area contributed by atoms with E-state index in [2.05, 4.69) is 51.1 Å². The van der Waals surface area contributed by atoms with Gasteiger partial charge in [-0.15, -0.1) is 0 Å². The van der Waals surface area contributed by atoms with E-state index in [1.807, 2.05) is 17.0 Å². The number of likely N-dealkylation sites (tertiary alicyclic amines) is 1. The number of carbonyl (C=O) groups is 1. The number of piperidine rings is 1. The van der Waals surface area contributed by atoms with Crippen molar-refractivity contribution in [2.24, 2.45) is 5.92 Å². The van der Waals surface area contributed by atoms with E-state index in [-0.39, 0.29) is 18.1 Å². The Hall–Kier alpha value is -2.33. The van der Waals surface area contributed by atoms with E-state index in [4.69, 9.17) is 4.74 Å². The van der Waals surface area contributed by atoms with Crippen LogP contribution in [0.4, 0.5) is 0 Å². The molecule has 2 aromatic rings. The van der Waals surface area contributed by atoms with Gasteiger partial charge in [0.2, 0.25) is 5.91 Å². The van der Waals surface area contributed by atoms with Gasteiger partial charge in [0.1, 0.15) is 11.4 Å². The van der Waals surface area contributed by atoms with E-state index < -0.39 is 0 Å². The number of carbonyl (C=O) groups excluding carboxylic acids is 1. The topological polar surface area (TPSA) is 49.8 Å². The van der Waals surface area contributed by atoms with Gasteiger partial charge < -0.3 is 14.7 Å². The first-order valence-corrected chi connectivity index (χ1v) is 11.6. The zero-order valence-electron chi connectivity index (χ0n) is 19.1. The molecule has 4 heteroatoms. The van der Waals surface area contributed by atoms with Crippen LogP contribution in [0.25, 0.3) is 0 Å². The maximum absolute atomic E-state index is 12.7. The van der Waals surface area contributed by atoms with Gasteiger partial charge in [0.15, 0.2) is 0 Å². The Balaban J connectivity index is 1.37. The highest BCUT2D eigenvalue weighted by molar-refractivity contribution is 5.79. The number of amides is 1. The number of rotatable bonds is 6. The third-order valence-electron chi connectivity index (χ3n) is 6.85. The van der Waals surface area contributed by atoms with E-state index in [0.29, 0.717) is 18.3 Å². The van der Waals surface area contributed by atoms with Crippen molar-refractivity contribution in [3.8, 4) is 5.75 Å². The normalized spacial score (nSPS) is 21.3. The Morgan fingerprint density at radius 2 is 1.81 bits per heavy atom. The maximum Gasteiger partial charge on any atom is 0.226 e. The number of aliphatic hydroxyl groups excluding tert-OH is 1. The molecule has 2 aliphatic rings. The zero-order chi connectivity index (χ0) is 22.0. The summed E-state index contributed by atoms with van der Waals surface area (Å²) in [4.78, 5) is 14.7. The molecule has 31 heavy (non-hydrogen) atoms. The van der Waals surface area contributed by atoms with Crippen molar-refractivity contribution in [1.82, 2.24) is 4.90 Å². The lowest BCUT2D eigenvalue weighted by atomic mass is 9.90. The average Bonchev–Trinajstić information content (AvgIpc) is 3.09. The van der Waals surface area contributed by atoms with Crippen molar-refractivity contribution < 1.29 is 14.6 Å². The molecule has 4 nitrogen and oxygen atoms in total. The quantitative estimate of drug-likeness (QED) is 0.746. The number of ether oxygens (including phenoxy) is 1. The summed E-state index contributed by atoms with van der Waals surface area (Å²) >= 11 is 0. The smallest absolute Gasteiger partial charge is 0.226 e. The van der Waals surface area contributed by atoms with E-state index >= 15 is 0 Å². The standard InChI is InChI=1S/C27H35NO3/c1-19(2)23-7-4-20(5-8-23)16-27(3)17-24-14-22(6-9-25(24)31-27)15-26(30)28-12-10-21(18-29)11-13-28/h4-9,14,19,21,29H,10-13,15-18H2,1-3H3/t27-/m1/s1. The Morgan fingerprint density at radius 1 is 1.13 bits per heavy atom. The monoisotopic (exact) mass is 421 g/mol. The minimum Gasteiger partial charge on any atom is -0.487 e. The predicted octanol–water partition coefficient (Wildman–Crippen LogP) is 4.52. The summed E-state index contributed by atoms with van der Waals surface area (Å²) in [6.45, 7) is 8.35. The fourth-order valence-electron chi connectivity index (χ4n) is 4.89. The second-order valence-corrected chi connectivity index (χ2v) is 9.93. The first-order valence-electron chi connectivity index (χ1n) is 11.6. The number of hydrogen-bond donors (Lipinski definition) is 1. The summed E-state index contributed by atoms with van der Waals surface area (Å²) in [6.07, 6.45) is 3.96. The molecule has 1 saturated heterocycles. The van der Waals surface area contributed by atoms with Gasteiger partial charge in [-0.25, -0.2) is 0 Å². The summed E-state index contributed by atoms with van der Waals surface area (Å²) in [5.41, 5.74) is 4.66. The van der Waals surface area contributed by atoms with Crippen LogP contribution < -0.4 is 4.74 Å². The van der Waals surface area contributed by atoms with E-state index in [1.165, 1.54) is 16.7 Å². The molecule has 1 amide bonds. The first kappa shape index (κ1) is 21.9. The first-order chi connectivity index (χ1) is 14.8. The molecule has 2 heterocycles. The van der Waals surface area contributed by atoms with Crippen molar-refractivity contribution in [2.75, 3.05) is 19.7 Å². The lowest BCUT2D eigenvalue weighted by Crippen LogP contribution is -2.40. The summed E-state index contributed by atoms with van der Waals surface area (Å²) in [5, 5.41) is 9.29. The van der Waals surface area contributed by atoms with Gasteiger partial charge in [-0.3, -0.25) is 4.79 Å². The molecule has 1 atom stereocenters. The Morgan fingerprint density at radius 3 is 2.45 bits per heavy atom.